The van der Waals surface area contributed by atoms with Crippen molar-refractivity contribution in [2.75, 3.05) is 11.9 Å². The fraction of sp³-hybridized carbons (Fsp3) is 0.429. The first-order valence-electron chi connectivity index (χ1n) is 6.80. The van der Waals surface area contributed by atoms with E-state index in [0.717, 1.165) is 42.0 Å². The van der Waals surface area contributed by atoms with Gasteiger partial charge in [0.05, 0.1) is 12.2 Å². The predicted molar refractivity (Wildman–Crippen MR) is 77.0 cm³/mol. The van der Waals surface area contributed by atoms with Crippen molar-refractivity contribution in [1.82, 2.24) is 14.9 Å². The van der Waals surface area contributed by atoms with E-state index in [1.165, 1.54) is 0 Å². The summed E-state index contributed by atoms with van der Waals surface area (Å²) in [5.41, 5.74) is 4.55. The van der Waals surface area contributed by atoms with E-state index in [4.69, 9.17) is 5.21 Å². The largest absolute Gasteiger partial charge is 0.360 e. The quantitative estimate of drug-likeness (QED) is 0.556. The fourth-order valence-corrected chi connectivity index (χ4v) is 2.16. The predicted octanol–water partition coefficient (Wildman–Crippen LogP) is 1.90. The van der Waals surface area contributed by atoms with Crippen molar-refractivity contribution in [3.8, 4) is 0 Å². The fourth-order valence-electron chi connectivity index (χ4n) is 2.16. The standard InChI is InChI=1S/C14H20N4O2/c1-3-4-7-11-14(15-9-12(19)17-20)18-8-5-6-10(2)13(18)16-11/h5-6,8,15,20H,3-4,7,9H2,1-2H3,(H,17,19). The van der Waals surface area contributed by atoms with E-state index in [-0.39, 0.29) is 6.54 Å². The van der Waals surface area contributed by atoms with Crippen LogP contribution in [-0.4, -0.2) is 27.0 Å². The molecule has 0 atom stereocenters. The molecule has 20 heavy (non-hydrogen) atoms. The van der Waals surface area contributed by atoms with Gasteiger partial charge in [-0.05, 0) is 31.4 Å². The molecule has 2 aromatic rings. The van der Waals surface area contributed by atoms with Crippen LogP contribution in [0.4, 0.5) is 5.82 Å². The van der Waals surface area contributed by atoms with Crippen LogP contribution in [0.1, 0.15) is 31.0 Å². The number of hydrogen-bond donors (Lipinski definition) is 3. The SMILES string of the molecule is CCCCc1nc2c(C)cccn2c1NCC(=O)NO. The molecule has 2 aromatic heterocycles. The van der Waals surface area contributed by atoms with E-state index in [1.54, 1.807) is 5.48 Å². The van der Waals surface area contributed by atoms with E-state index >= 15 is 0 Å². The number of anilines is 1. The third-order valence-corrected chi connectivity index (χ3v) is 3.23. The third-order valence-electron chi connectivity index (χ3n) is 3.23. The van der Waals surface area contributed by atoms with Crippen LogP contribution in [0.2, 0.25) is 0 Å². The smallest absolute Gasteiger partial charge is 0.262 e. The number of aryl methyl sites for hydroxylation is 2. The minimum Gasteiger partial charge on any atom is -0.360 e. The second-order valence-electron chi connectivity index (χ2n) is 4.78. The van der Waals surface area contributed by atoms with Crippen molar-refractivity contribution >= 4 is 17.4 Å². The molecule has 0 aliphatic heterocycles. The number of hydroxylamine groups is 1. The summed E-state index contributed by atoms with van der Waals surface area (Å²) < 4.78 is 1.95. The van der Waals surface area contributed by atoms with Crippen molar-refractivity contribution in [1.29, 1.82) is 0 Å². The Kier molecular flexibility index (Phi) is 4.57. The molecule has 0 aliphatic rings. The van der Waals surface area contributed by atoms with Crippen molar-refractivity contribution in [2.24, 2.45) is 0 Å². The van der Waals surface area contributed by atoms with Crippen LogP contribution in [-0.2, 0) is 11.2 Å². The summed E-state index contributed by atoms with van der Waals surface area (Å²) >= 11 is 0. The molecule has 0 spiro atoms. The van der Waals surface area contributed by atoms with Crippen molar-refractivity contribution < 1.29 is 10.0 Å². The highest BCUT2D eigenvalue weighted by Crippen LogP contribution is 2.22. The van der Waals surface area contributed by atoms with Crippen molar-refractivity contribution in [2.45, 2.75) is 33.1 Å². The summed E-state index contributed by atoms with van der Waals surface area (Å²) in [6.07, 6.45) is 4.91. The van der Waals surface area contributed by atoms with Gasteiger partial charge in [-0.15, -0.1) is 0 Å². The van der Waals surface area contributed by atoms with E-state index in [9.17, 15) is 4.79 Å². The van der Waals surface area contributed by atoms with Gasteiger partial charge in [-0.1, -0.05) is 19.4 Å². The number of hydrogen-bond acceptors (Lipinski definition) is 4. The number of pyridine rings is 1. The Morgan fingerprint density at radius 3 is 3.00 bits per heavy atom. The molecule has 108 valence electrons. The van der Waals surface area contributed by atoms with E-state index in [2.05, 4.69) is 17.2 Å². The van der Waals surface area contributed by atoms with Gasteiger partial charge in [-0.2, -0.15) is 0 Å². The Morgan fingerprint density at radius 1 is 1.50 bits per heavy atom. The molecule has 2 rings (SSSR count). The highest BCUT2D eigenvalue weighted by atomic mass is 16.5. The van der Waals surface area contributed by atoms with Gasteiger partial charge in [0.25, 0.3) is 5.91 Å². The number of nitrogens with one attached hydrogen (secondary N) is 2. The lowest BCUT2D eigenvalue weighted by atomic mass is 10.2. The number of nitrogens with zero attached hydrogens (tertiary/aromatic N) is 2. The number of amides is 1. The number of carbonyl (C=O) groups excluding carboxylic acids is 1. The maximum absolute atomic E-state index is 11.2. The molecular formula is C14H20N4O2. The minimum atomic E-state index is -0.478. The van der Waals surface area contributed by atoms with Crippen LogP contribution in [0.5, 0.6) is 0 Å². The first kappa shape index (κ1) is 14.3. The van der Waals surface area contributed by atoms with Gasteiger partial charge in [-0.3, -0.25) is 14.4 Å². The number of unbranched alkanes of at least 4 members (excludes halogenated alkanes) is 1. The molecule has 0 saturated carbocycles. The van der Waals surface area contributed by atoms with Gasteiger partial charge in [0.1, 0.15) is 11.5 Å². The second kappa shape index (κ2) is 6.38. The van der Waals surface area contributed by atoms with E-state index in [1.807, 2.05) is 29.7 Å². The average Bonchev–Trinajstić information content (AvgIpc) is 2.81. The molecule has 0 aromatic carbocycles. The van der Waals surface area contributed by atoms with Crippen LogP contribution in [0.15, 0.2) is 18.3 Å². The molecule has 0 saturated heterocycles. The topological polar surface area (TPSA) is 78.7 Å². The van der Waals surface area contributed by atoms with Crippen LogP contribution in [0, 0.1) is 6.92 Å². The first-order chi connectivity index (χ1) is 9.67. The van der Waals surface area contributed by atoms with Gasteiger partial charge in [0, 0.05) is 6.20 Å². The lowest BCUT2D eigenvalue weighted by molar-refractivity contribution is -0.127. The Balaban J connectivity index is 2.36. The summed E-state index contributed by atoms with van der Waals surface area (Å²) in [6, 6.07) is 3.96. The molecule has 6 heteroatoms. The Morgan fingerprint density at radius 2 is 2.30 bits per heavy atom. The average molecular weight is 276 g/mol. The molecule has 3 N–H and O–H groups in total. The summed E-state index contributed by atoms with van der Waals surface area (Å²) in [5, 5.41) is 11.6. The molecule has 0 radical (unpaired) electrons. The normalized spacial score (nSPS) is 10.8. The number of aromatic nitrogens is 2. The van der Waals surface area contributed by atoms with E-state index < -0.39 is 5.91 Å². The zero-order valence-corrected chi connectivity index (χ0v) is 11.8. The zero-order chi connectivity index (χ0) is 14.5. The van der Waals surface area contributed by atoms with E-state index in [0.29, 0.717) is 0 Å². The summed E-state index contributed by atoms with van der Waals surface area (Å²) in [6.45, 7) is 4.15. The highest BCUT2D eigenvalue weighted by molar-refractivity contribution is 5.79. The molecule has 2 heterocycles. The Labute approximate surface area is 117 Å². The molecule has 0 bridgehead atoms. The summed E-state index contributed by atoms with van der Waals surface area (Å²) in [5.74, 6) is 0.342. The lowest BCUT2D eigenvalue weighted by Gasteiger charge is -2.07. The van der Waals surface area contributed by atoms with Gasteiger partial charge in [0.15, 0.2) is 0 Å². The third kappa shape index (κ3) is 2.91. The molecule has 1 amide bonds. The van der Waals surface area contributed by atoms with Crippen LogP contribution >= 0.6 is 0 Å². The Hall–Kier alpha value is -2.08. The first-order valence-corrected chi connectivity index (χ1v) is 6.80. The molecule has 0 unspecified atom stereocenters. The number of imidazole rings is 1. The lowest BCUT2D eigenvalue weighted by Crippen LogP contribution is -2.27. The maximum atomic E-state index is 11.2. The van der Waals surface area contributed by atoms with Crippen LogP contribution in [0.25, 0.3) is 5.65 Å². The Bertz CT molecular complexity index is 606. The molecule has 0 aliphatic carbocycles. The van der Waals surface area contributed by atoms with Gasteiger partial charge in [-0.25, -0.2) is 10.5 Å². The van der Waals surface area contributed by atoms with Crippen molar-refractivity contribution in [3.63, 3.8) is 0 Å². The molecule has 6 nitrogen and oxygen atoms in total. The maximum Gasteiger partial charge on any atom is 0.262 e. The summed E-state index contributed by atoms with van der Waals surface area (Å²) in [4.78, 5) is 15.8. The van der Waals surface area contributed by atoms with Gasteiger partial charge >= 0.3 is 0 Å². The number of fused-ring (bicyclic) bond motifs is 1. The molecular weight excluding hydrogens is 256 g/mol. The van der Waals surface area contributed by atoms with Gasteiger partial charge < -0.3 is 5.32 Å². The highest BCUT2D eigenvalue weighted by Gasteiger charge is 2.13. The number of carbonyl (C=O) groups is 1. The molecule has 0 fully saturated rings. The van der Waals surface area contributed by atoms with Crippen molar-refractivity contribution in [3.05, 3.63) is 29.6 Å². The van der Waals surface area contributed by atoms with Crippen LogP contribution in [0.3, 0.4) is 0 Å². The zero-order valence-electron chi connectivity index (χ0n) is 11.8. The van der Waals surface area contributed by atoms with Crippen LogP contribution < -0.4 is 10.8 Å². The van der Waals surface area contributed by atoms with Gasteiger partial charge in [0.2, 0.25) is 0 Å². The summed E-state index contributed by atoms with van der Waals surface area (Å²) in [7, 11) is 0. The minimum absolute atomic E-state index is 0.0113. The number of rotatable bonds is 6. The second-order valence-corrected chi connectivity index (χ2v) is 4.78. The monoisotopic (exact) mass is 276 g/mol.